The molecule has 4 heterocycles. The lowest BCUT2D eigenvalue weighted by molar-refractivity contribution is 0.0778. The van der Waals surface area contributed by atoms with E-state index in [1.807, 2.05) is 6.08 Å². The quantitative estimate of drug-likeness (QED) is 0.632. The fraction of sp³-hybridized carbons (Fsp3) is 0.333. The summed E-state index contributed by atoms with van der Waals surface area (Å²) in [6.45, 7) is 2.42. The first-order valence-corrected chi connectivity index (χ1v) is 9.75. The van der Waals surface area contributed by atoms with Crippen LogP contribution in [0.25, 0.3) is 11.3 Å². The van der Waals surface area contributed by atoms with Crippen LogP contribution in [-0.2, 0) is 0 Å². The summed E-state index contributed by atoms with van der Waals surface area (Å²) in [6, 6.07) is 3.46. The maximum atomic E-state index is 14.3. The van der Waals surface area contributed by atoms with Crippen LogP contribution in [0.4, 0.5) is 4.39 Å². The molecule has 1 fully saturated rings. The van der Waals surface area contributed by atoms with Crippen LogP contribution in [0.2, 0.25) is 0 Å². The molecule has 0 aromatic carbocycles. The molecule has 0 saturated carbocycles. The molecule has 0 radical (unpaired) electrons. The number of carbonyl (C=O) groups is 1. The summed E-state index contributed by atoms with van der Waals surface area (Å²) in [6.07, 6.45) is 7.16. The van der Waals surface area contributed by atoms with Crippen molar-refractivity contribution in [1.29, 1.82) is 0 Å². The summed E-state index contributed by atoms with van der Waals surface area (Å²) < 4.78 is 40.7. The van der Waals surface area contributed by atoms with Gasteiger partial charge in [0.25, 0.3) is 11.8 Å². The lowest BCUT2D eigenvalue weighted by Gasteiger charge is -2.18. The minimum atomic E-state index is -2.82. The zero-order chi connectivity index (χ0) is 24.0. The molecule has 5 rings (SSSR count). The molecular formula is C21H20FN7O2. The molecule has 1 aliphatic carbocycles. The van der Waals surface area contributed by atoms with E-state index in [1.165, 1.54) is 24.1 Å². The van der Waals surface area contributed by atoms with Crippen molar-refractivity contribution in [1.82, 2.24) is 34.8 Å². The van der Waals surface area contributed by atoms with Gasteiger partial charge in [-0.3, -0.25) is 4.79 Å². The Morgan fingerprint density at radius 1 is 1.26 bits per heavy atom. The first-order chi connectivity index (χ1) is 16.2. The number of likely N-dealkylation sites (tertiary alicyclic amines) is 1. The number of pyridine rings is 1. The van der Waals surface area contributed by atoms with Gasteiger partial charge >= 0.3 is 0 Å². The highest BCUT2D eigenvalue weighted by molar-refractivity contribution is 5.96. The standard InChI is InChI=1S/C21H20FN7O2/c1-12-17(22)20(31-2)27-19(26-12)13-8-14-10-28(11-15(14)9-13)21(30)18-16(4-3-5-23-18)29-24-6-7-25-29/h3-8,14-15H,9-11H2,1-2H3/i2D3. The lowest BCUT2D eigenvalue weighted by atomic mass is 10.00. The molecule has 3 aromatic rings. The summed E-state index contributed by atoms with van der Waals surface area (Å²) >= 11 is 0. The third-order valence-corrected chi connectivity index (χ3v) is 5.67. The van der Waals surface area contributed by atoms with E-state index in [2.05, 4.69) is 25.1 Å². The number of rotatable bonds is 4. The van der Waals surface area contributed by atoms with Crippen molar-refractivity contribution in [2.45, 2.75) is 13.3 Å². The van der Waals surface area contributed by atoms with E-state index in [0.29, 0.717) is 25.2 Å². The van der Waals surface area contributed by atoms with Crippen LogP contribution >= 0.6 is 0 Å². The smallest absolute Gasteiger partial charge is 0.274 e. The fourth-order valence-corrected chi connectivity index (χ4v) is 4.20. The number of fused-ring (bicyclic) bond motifs is 1. The molecular weight excluding hydrogens is 401 g/mol. The molecule has 3 aromatic heterocycles. The number of aromatic nitrogens is 6. The first kappa shape index (κ1) is 16.1. The third kappa shape index (κ3) is 3.33. The fourth-order valence-electron chi connectivity index (χ4n) is 4.20. The first-order valence-electron chi connectivity index (χ1n) is 11.2. The molecule has 0 spiro atoms. The highest BCUT2D eigenvalue weighted by atomic mass is 19.1. The van der Waals surface area contributed by atoms with Gasteiger partial charge in [-0.2, -0.15) is 19.6 Å². The molecule has 2 aliphatic rings. The number of carbonyl (C=O) groups excluding carboxylic acids is 1. The van der Waals surface area contributed by atoms with Crippen LogP contribution in [0.15, 0.2) is 36.8 Å². The maximum Gasteiger partial charge on any atom is 0.274 e. The van der Waals surface area contributed by atoms with Crippen molar-refractivity contribution in [2.24, 2.45) is 11.8 Å². The number of ether oxygens (including phenoxy) is 1. The number of amides is 1. The monoisotopic (exact) mass is 424 g/mol. The second kappa shape index (κ2) is 7.53. The van der Waals surface area contributed by atoms with Gasteiger partial charge in [0.1, 0.15) is 5.69 Å². The van der Waals surface area contributed by atoms with Gasteiger partial charge < -0.3 is 9.64 Å². The molecule has 0 bridgehead atoms. The predicted molar refractivity (Wildman–Crippen MR) is 108 cm³/mol. The Kier molecular flexibility index (Phi) is 3.90. The summed E-state index contributed by atoms with van der Waals surface area (Å²) in [5.41, 5.74) is 1.56. The molecule has 1 aliphatic heterocycles. The van der Waals surface area contributed by atoms with E-state index in [9.17, 15) is 9.18 Å². The topological polar surface area (TPSA) is 98.9 Å². The van der Waals surface area contributed by atoms with Crippen LogP contribution < -0.4 is 4.74 Å². The highest BCUT2D eigenvalue weighted by Gasteiger charge is 2.40. The molecule has 1 amide bonds. The molecule has 2 atom stereocenters. The third-order valence-electron chi connectivity index (χ3n) is 5.67. The van der Waals surface area contributed by atoms with Gasteiger partial charge in [-0.15, -0.1) is 4.80 Å². The van der Waals surface area contributed by atoms with Crippen molar-refractivity contribution in [3.8, 4) is 11.6 Å². The van der Waals surface area contributed by atoms with Crippen LogP contribution in [0, 0.1) is 24.6 Å². The second-order valence-corrected chi connectivity index (χ2v) is 7.57. The van der Waals surface area contributed by atoms with Gasteiger partial charge in [0.05, 0.1) is 29.2 Å². The maximum absolute atomic E-state index is 14.3. The Bertz CT molecular complexity index is 1280. The summed E-state index contributed by atoms with van der Waals surface area (Å²) in [4.78, 5) is 28.8. The lowest BCUT2D eigenvalue weighted by Crippen LogP contribution is -2.31. The minimum Gasteiger partial charge on any atom is -0.479 e. The van der Waals surface area contributed by atoms with Gasteiger partial charge in [0.2, 0.25) is 5.82 Å². The predicted octanol–water partition coefficient (Wildman–Crippen LogP) is 2.08. The van der Waals surface area contributed by atoms with Crippen molar-refractivity contribution in [2.75, 3.05) is 20.1 Å². The van der Waals surface area contributed by atoms with Crippen LogP contribution in [-0.4, -0.2) is 60.9 Å². The SMILES string of the molecule is [2H]C([2H])([2H])Oc1nc(C2=CC3CN(C(=O)c4ncccc4-n4nccn4)CC3C2)nc(C)c1F. The average Bonchev–Trinajstić information content (AvgIpc) is 3.52. The van der Waals surface area contributed by atoms with Gasteiger partial charge in [-0.05, 0) is 42.9 Å². The van der Waals surface area contributed by atoms with Gasteiger partial charge in [0.15, 0.2) is 11.5 Å². The largest absolute Gasteiger partial charge is 0.479 e. The Labute approximate surface area is 181 Å². The van der Waals surface area contributed by atoms with Crippen LogP contribution in [0.5, 0.6) is 5.88 Å². The van der Waals surface area contributed by atoms with E-state index < -0.39 is 18.7 Å². The van der Waals surface area contributed by atoms with Crippen molar-refractivity contribution >= 4 is 11.5 Å². The molecule has 31 heavy (non-hydrogen) atoms. The number of methoxy groups -OCH3 is 1. The Hall–Kier alpha value is -3.69. The number of nitrogens with zero attached hydrogens (tertiary/aromatic N) is 7. The van der Waals surface area contributed by atoms with E-state index in [4.69, 9.17) is 8.85 Å². The molecule has 10 heteroatoms. The van der Waals surface area contributed by atoms with Crippen molar-refractivity contribution in [3.63, 3.8) is 0 Å². The number of hydrogen-bond donors (Lipinski definition) is 0. The zero-order valence-corrected chi connectivity index (χ0v) is 16.6. The highest BCUT2D eigenvalue weighted by Crippen LogP contribution is 2.41. The van der Waals surface area contributed by atoms with E-state index in [0.717, 1.165) is 5.57 Å². The minimum absolute atomic E-state index is 0.00826. The van der Waals surface area contributed by atoms with Gasteiger partial charge in [-0.25, -0.2) is 9.97 Å². The molecule has 0 N–H and O–H groups in total. The van der Waals surface area contributed by atoms with Crippen LogP contribution in [0.1, 0.15) is 32.5 Å². The van der Waals surface area contributed by atoms with Crippen molar-refractivity contribution in [3.05, 3.63) is 59.8 Å². The summed E-state index contributed by atoms with van der Waals surface area (Å²) in [5.74, 6) is -1.26. The normalized spacial score (nSPS) is 21.8. The van der Waals surface area contributed by atoms with E-state index in [-0.39, 0.29) is 35.0 Å². The molecule has 2 unspecified atom stereocenters. The van der Waals surface area contributed by atoms with E-state index >= 15 is 0 Å². The average molecular weight is 424 g/mol. The Morgan fingerprint density at radius 2 is 2.10 bits per heavy atom. The molecule has 158 valence electrons. The van der Waals surface area contributed by atoms with Crippen LogP contribution in [0.3, 0.4) is 0 Å². The van der Waals surface area contributed by atoms with Gasteiger partial charge in [-0.1, -0.05) is 6.08 Å². The van der Waals surface area contributed by atoms with Gasteiger partial charge in [0, 0.05) is 19.3 Å². The Morgan fingerprint density at radius 3 is 2.87 bits per heavy atom. The zero-order valence-electron chi connectivity index (χ0n) is 19.6. The molecule has 9 nitrogen and oxygen atoms in total. The number of hydrogen-bond acceptors (Lipinski definition) is 7. The summed E-state index contributed by atoms with van der Waals surface area (Å²) in [5, 5.41) is 8.20. The summed E-state index contributed by atoms with van der Waals surface area (Å²) in [7, 11) is -2.82. The number of allylic oxidation sites excluding steroid dienone is 1. The molecule has 1 saturated heterocycles. The number of halogens is 1. The number of aryl methyl sites for hydroxylation is 1. The van der Waals surface area contributed by atoms with Crippen molar-refractivity contribution < 1.29 is 18.0 Å². The second-order valence-electron chi connectivity index (χ2n) is 7.57. The van der Waals surface area contributed by atoms with E-state index in [1.54, 1.807) is 23.2 Å². The Balaban J connectivity index is 1.36.